The molecule has 6 heteroatoms. The van der Waals surface area contributed by atoms with E-state index >= 15 is 0 Å². The summed E-state index contributed by atoms with van der Waals surface area (Å²) in [6.45, 7) is 0.733. The highest BCUT2D eigenvalue weighted by Crippen LogP contribution is 2.28. The molecule has 1 aromatic carbocycles. The molecule has 0 bridgehead atoms. The van der Waals surface area contributed by atoms with Crippen LogP contribution in [0, 0.1) is 0 Å². The fourth-order valence-electron chi connectivity index (χ4n) is 2.63. The second-order valence-corrected chi connectivity index (χ2v) is 6.65. The summed E-state index contributed by atoms with van der Waals surface area (Å²) >= 11 is 1.45. The van der Waals surface area contributed by atoms with Gasteiger partial charge in [0.05, 0.1) is 23.4 Å². The van der Waals surface area contributed by atoms with Gasteiger partial charge in [-0.1, -0.05) is 18.2 Å². The largest absolute Gasteiger partial charge is 0.358 e. The van der Waals surface area contributed by atoms with E-state index in [4.69, 9.17) is 4.74 Å². The molecule has 1 amide bonds. The summed E-state index contributed by atoms with van der Waals surface area (Å²) in [6, 6.07) is 11.9. The van der Waals surface area contributed by atoms with Gasteiger partial charge in [-0.3, -0.25) is 4.79 Å². The minimum absolute atomic E-state index is 0.00593. The third kappa shape index (κ3) is 2.74. The van der Waals surface area contributed by atoms with Crippen LogP contribution >= 0.6 is 11.3 Å². The molecule has 2 aromatic heterocycles. The molecule has 0 radical (unpaired) electrons. The molecule has 0 aliphatic carbocycles. The molecule has 1 atom stereocenters. The summed E-state index contributed by atoms with van der Waals surface area (Å²) in [5.74, 6) is 0.00593. The number of benzene rings is 1. The van der Waals surface area contributed by atoms with E-state index in [1.165, 1.54) is 11.3 Å². The molecule has 1 unspecified atom stereocenters. The fourth-order valence-corrected chi connectivity index (χ4v) is 3.52. The van der Waals surface area contributed by atoms with Gasteiger partial charge in [0.15, 0.2) is 0 Å². The van der Waals surface area contributed by atoms with Gasteiger partial charge < -0.3 is 9.64 Å². The Balaban J connectivity index is 1.55. The van der Waals surface area contributed by atoms with Crippen LogP contribution in [-0.4, -0.2) is 40.5 Å². The van der Waals surface area contributed by atoms with Crippen LogP contribution in [0.25, 0.3) is 16.8 Å². The molecule has 0 spiro atoms. The van der Waals surface area contributed by atoms with Crippen molar-refractivity contribution in [2.24, 2.45) is 0 Å². The number of hydrogen-bond acceptors (Lipinski definition) is 4. The third-order valence-electron chi connectivity index (χ3n) is 4.17. The molecule has 5 nitrogen and oxygen atoms in total. The molecule has 24 heavy (non-hydrogen) atoms. The van der Waals surface area contributed by atoms with Crippen LogP contribution in [0.5, 0.6) is 0 Å². The number of para-hydroxylation sites is 1. The van der Waals surface area contributed by atoms with E-state index in [1.807, 2.05) is 58.9 Å². The molecular weight excluding hydrogens is 322 g/mol. The summed E-state index contributed by atoms with van der Waals surface area (Å²) in [4.78, 5) is 14.9. The molecule has 0 N–H and O–H groups in total. The minimum atomic E-state index is -0.0797. The zero-order valence-electron chi connectivity index (χ0n) is 13.3. The molecule has 3 heterocycles. The molecule has 122 valence electrons. The Morgan fingerprint density at radius 3 is 2.83 bits per heavy atom. The molecule has 3 aromatic rings. The van der Waals surface area contributed by atoms with Crippen LogP contribution < -0.4 is 0 Å². The van der Waals surface area contributed by atoms with Gasteiger partial charge in [-0.25, -0.2) is 4.68 Å². The van der Waals surface area contributed by atoms with Crippen LogP contribution in [0.4, 0.5) is 0 Å². The van der Waals surface area contributed by atoms with Gasteiger partial charge in [0.2, 0.25) is 0 Å². The van der Waals surface area contributed by atoms with E-state index in [-0.39, 0.29) is 12.1 Å². The Morgan fingerprint density at radius 1 is 1.33 bits per heavy atom. The maximum Gasteiger partial charge on any atom is 0.265 e. The van der Waals surface area contributed by atoms with Crippen molar-refractivity contribution in [2.75, 3.05) is 13.7 Å². The molecule has 1 aliphatic rings. The molecule has 1 aliphatic heterocycles. The first-order chi connectivity index (χ1) is 11.7. The van der Waals surface area contributed by atoms with Gasteiger partial charge in [-0.05, 0) is 29.1 Å². The lowest BCUT2D eigenvalue weighted by molar-refractivity contribution is -0.120. The molecular formula is C18H17N3O2S. The summed E-state index contributed by atoms with van der Waals surface area (Å²) in [5, 5.41) is 6.40. The Bertz CT molecular complexity index is 852. The number of aromatic nitrogens is 2. The SMILES string of the molecule is CN(C(=O)c1cc(-c2cnn(-c3ccccc3)c2)cs1)C1CCO1. The maximum absolute atomic E-state index is 12.5. The zero-order chi connectivity index (χ0) is 16.5. The predicted molar refractivity (Wildman–Crippen MR) is 93.3 cm³/mol. The first-order valence-electron chi connectivity index (χ1n) is 7.80. The Hall–Kier alpha value is -2.44. The fraction of sp³-hybridized carbons (Fsp3) is 0.222. The van der Waals surface area contributed by atoms with Crippen LogP contribution in [0.3, 0.4) is 0 Å². The number of carbonyl (C=O) groups is 1. The summed E-state index contributed by atoms with van der Waals surface area (Å²) < 4.78 is 7.21. The topological polar surface area (TPSA) is 47.4 Å². The summed E-state index contributed by atoms with van der Waals surface area (Å²) in [5.41, 5.74) is 3.02. The quantitative estimate of drug-likeness (QED) is 0.732. The number of rotatable bonds is 4. The van der Waals surface area contributed by atoms with E-state index in [1.54, 1.807) is 11.9 Å². The molecule has 1 saturated heterocycles. The number of thiophene rings is 1. The van der Waals surface area contributed by atoms with Gasteiger partial charge in [0.1, 0.15) is 6.23 Å². The first kappa shape index (κ1) is 15.1. The van der Waals surface area contributed by atoms with Crippen LogP contribution in [0.1, 0.15) is 16.1 Å². The Kier molecular flexibility index (Phi) is 3.92. The number of nitrogens with zero attached hydrogens (tertiary/aromatic N) is 3. The number of amides is 1. The number of hydrogen-bond donors (Lipinski definition) is 0. The van der Waals surface area contributed by atoms with Crippen molar-refractivity contribution >= 4 is 17.2 Å². The first-order valence-corrected chi connectivity index (χ1v) is 8.68. The molecule has 1 fully saturated rings. The summed E-state index contributed by atoms with van der Waals surface area (Å²) in [7, 11) is 1.79. The van der Waals surface area contributed by atoms with Crippen molar-refractivity contribution in [2.45, 2.75) is 12.6 Å². The average molecular weight is 339 g/mol. The number of ether oxygens (including phenoxy) is 1. The van der Waals surface area contributed by atoms with Gasteiger partial charge in [-0.2, -0.15) is 5.10 Å². The van der Waals surface area contributed by atoms with E-state index < -0.39 is 0 Å². The highest BCUT2D eigenvalue weighted by Gasteiger charge is 2.28. The van der Waals surface area contributed by atoms with Crippen LogP contribution in [0.2, 0.25) is 0 Å². The number of carbonyl (C=O) groups excluding carboxylic acids is 1. The smallest absolute Gasteiger partial charge is 0.265 e. The van der Waals surface area contributed by atoms with Crippen molar-refractivity contribution in [3.05, 3.63) is 59.0 Å². The van der Waals surface area contributed by atoms with Crippen molar-refractivity contribution in [1.82, 2.24) is 14.7 Å². The lowest BCUT2D eigenvalue weighted by Crippen LogP contribution is -2.45. The lowest BCUT2D eigenvalue weighted by atomic mass is 10.2. The van der Waals surface area contributed by atoms with Gasteiger partial charge in [0.25, 0.3) is 5.91 Å². The standard InChI is InChI=1S/C18H17N3O2S/c1-20(17-7-8-23-17)18(22)16-9-13(12-24-16)14-10-19-21(11-14)15-5-3-2-4-6-15/h2-6,9-12,17H,7-8H2,1H3. The predicted octanol–water partition coefficient (Wildman–Crippen LogP) is 3.42. The van der Waals surface area contributed by atoms with Crippen LogP contribution in [-0.2, 0) is 4.74 Å². The monoisotopic (exact) mass is 339 g/mol. The van der Waals surface area contributed by atoms with Gasteiger partial charge >= 0.3 is 0 Å². The zero-order valence-corrected chi connectivity index (χ0v) is 14.1. The minimum Gasteiger partial charge on any atom is -0.358 e. The van der Waals surface area contributed by atoms with Crippen molar-refractivity contribution in [1.29, 1.82) is 0 Å². The second kappa shape index (κ2) is 6.22. The normalized spacial score (nSPS) is 16.6. The van der Waals surface area contributed by atoms with Crippen molar-refractivity contribution < 1.29 is 9.53 Å². The lowest BCUT2D eigenvalue weighted by Gasteiger charge is -2.34. The van der Waals surface area contributed by atoms with Gasteiger partial charge in [0, 0.05) is 25.2 Å². The van der Waals surface area contributed by atoms with E-state index in [0.29, 0.717) is 0 Å². The average Bonchev–Trinajstić information content (AvgIpc) is 3.22. The summed E-state index contributed by atoms with van der Waals surface area (Å²) in [6.07, 6.45) is 4.63. The Labute approximate surface area is 144 Å². The van der Waals surface area contributed by atoms with E-state index in [0.717, 1.165) is 34.7 Å². The highest BCUT2D eigenvalue weighted by molar-refractivity contribution is 7.12. The Morgan fingerprint density at radius 2 is 2.12 bits per heavy atom. The van der Waals surface area contributed by atoms with E-state index in [2.05, 4.69) is 5.10 Å². The van der Waals surface area contributed by atoms with Crippen molar-refractivity contribution in [3.63, 3.8) is 0 Å². The van der Waals surface area contributed by atoms with E-state index in [9.17, 15) is 4.79 Å². The van der Waals surface area contributed by atoms with Gasteiger partial charge in [-0.15, -0.1) is 11.3 Å². The highest BCUT2D eigenvalue weighted by atomic mass is 32.1. The molecule has 0 saturated carbocycles. The van der Waals surface area contributed by atoms with Crippen molar-refractivity contribution in [3.8, 4) is 16.8 Å². The van der Waals surface area contributed by atoms with Crippen LogP contribution in [0.15, 0.2) is 54.2 Å². The second-order valence-electron chi connectivity index (χ2n) is 5.74. The third-order valence-corrected chi connectivity index (χ3v) is 5.09. The maximum atomic E-state index is 12.5. The molecule has 4 rings (SSSR count).